The minimum Gasteiger partial charge on any atom is -0.489 e. The second-order valence-corrected chi connectivity index (χ2v) is 7.62. The lowest BCUT2D eigenvalue weighted by atomic mass is 10.1. The van der Waals surface area contributed by atoms with E-state index in [0.717, 1.165) is 35.8 Å². The molecule has 0 saturated carbocycles. The molecule has 1 aromatic heterocycles. The third-order valence-electron chi connectivity index (χ3n) is 5.25. The number of amides is 1. The van der Waals surface area contributed by atoms with Crippen LogP contribution in [0.25, 0.3) is 6.08 Å². The molecule has 158 valence electrons. The van der Waals surface area contributed by atoms with Gasteiger partial charge in [-0.1, -0.05) is 42.5 Å². The highest BCUT2D eigenvalue weighted by Crippen LogP contribution is 2.19. The van der Waals surface area contributed by atoms with Gasteiger partial charge in [-0.3, -0.25) is 4.79 Å². The van der Waals surface area contributed by atoms with E-state index in [4.69, 9.17) is 4.74 Å². The number of aromatic nitrogens is 1. The van der Waals surface area contributed by atoms with Crippen molar-refractivity contribution < 1.29 is 9.53 Å². The normalized spacial score (nSPS) is 13.9. The van der Waals surface area contributed by atoms with Crippen molar-refractivity contribution in [1.82, 2.24) is 4.98 Å². The Morgan fingerprint density at radius 1 is 0.968 bits per heavy atom. The van der Waals surface area contributed by atoms with Gasteiger partial charge in [0.25, 0.3) is 0 Å². The lowest BCUT2D eigenvalue weighted by Gasteiger charge is -2.27. The molecule has 1 fully saturated rings. The smallest absolute Gasteiger partial charge is 0.248 e. The monoisotopic (exact) mass is 413 g/mol. The lowest BCUT2D eigenvalue weighted by Crippen LogP contribution is -2.30. The fourth-order valence-electron chi connectivity index (χ4n) is 3.54. The molecule has 3 aromatic rings. The Bertz CT molecular complexity index is 993. The zero-order chi connectivity index (χ0) is 21.3. The summed E-state index contributed by atoms with van der Waals surface area (Å²) in [6.45, 7) is 2.64. The van der Waals surface area contributed by atoms with Crippen LogP contribution in [-0.4, -0.2) is 24.0 Å². The van der Waals surface area contributed by atoms with E-state index in [0.29, 0.717) is 12.3 Å². The van der Waals surface area contributed by atoms with Crippen molar-refractivity contribution in [2.45, 2.75) is 25.9 Å². The summed E-state index contributed by atoms with van der Waals surface area (Å²) in [6.07, 6.45) is 8.75. The molecule has 0 aliphatic carbocycles. The van der Waals surface area contributed by atoms with Crippen molar-refractivity contribution in [3.63, 3.8) is 0 Å². The third kappa shape index (κ3) is 6.19. The van der Waals surface area contributed by atoms with Crippen LogP contribution in [0.5, 0.6) is 5.75 Å². The molecule has 5 nitrogen and oxygen atoms in total. The highest BCUT2D eigenvalue weighted by Gasteiger charge is 2.11. The molecule has 0 atom stereocenters. The molecule has 1 amide bonds. The highest BCUT2D eigenvalue weighted by atomic mass is 16.5. The van der Waals surface area contributed by atoms with Crippen LogP contribution in [0.4, 0.5) is 11.5 Å². The van der Waals surface area contributed by atoms with Gasteiger partial charge in [0.05, 0.1) is 11.9 Å². The predicted molar refractivity (Wildman–Crippen MR) is 125 cm³/mol. The molecule has 1 saturated heterocycles. The number of hydrogen-bond acceptors (Lipinski definition) is 4. The van der Waals surface area contributed by atoms with Gasteiger partial charge in [0.2, 0.25) is 5.91 Å². The zero-order valence-corrected chi connectivity index (χ0v) is 17.5. The molecule has 2 heterocycles. The summed E-state index contributed by atoms with van der Waals surface area (Å²) in [5.74, 6) is 1.59. The molecule has 0 unspecified atom stereocenters. The molecule has 1 aliphatic heterocycles. The van der Waals surface area contributed by atoms with Gasteiger partial charge >= 0.3 is 0 Å². The van der Waals surface area contributed by atoms with Crippen molar-refractivity contribution in [2.24, 2.45) is 0 Å². The Labute approximate surface area is 183 Å². The van der Waals surface area contributed by atoms with Crippen LogP contribution >= 0.6 is 0 Å². The van der Waals surface area contributed by atoms with Crippen LogP contribution in [-0.2, 0) is 11.4 Å². The summed E-state index contributed by atoms with van der Waals surface area (Å²) in [7, 11) is 0. The number of pyridine rings is 1. The molecule has 4 rings (SSSR count). The largest absolute Gasteiger partial charge is 0.489 e. The van der Waals surface area contributed by atoms with Crippen molar-refractivity contribution in [3.8, 4) is 5.75 Å². The molecule has 0 radical (unpaired) electrons. The van der Waals surface area contributed by atoms with E-state index < -0.39 is 0 Å². The first-order valence-corrected chi connectivity index (χ1v) is 10.7. The van der Waals surface area contributed by atoms with Crippen LogP contribution in [0.1, 0.15) is 30.4 Å². The number of carbonyl (C=O) groups excluding carboxylic acids is 1. The quantitative estimate of drug-likeness (QED) is 0.534. The Morgan fingerprint density at radius 3 is 2.45 bits per heavy atom. The molecular formula is C26H27N3O2. The first-order valence-electron chi connectivity index (χ1n) is 10.7. The van der Waals surface area contributed by atoms with E-state index in [1.165, 1.54) is 25.3 Å². The Hall–Kier alpha value is -3.60. The van der Waals surface area contributed by atoms with E-state index in [9.17, 15) is 4.79 Å². The number of rotatable bonds is 7. The van der Waals surface area contributed by atoms with E-state index in [-0.39, 0.29) is 5.91 Å². The maximum Gasteiger partial charge on any atom is 0.248 e. The standard InChI is InChI=1S/C26H27N3O2/c30-26(28-23-12-15-25(27-19-23)29-17-5-2-6-18-29)16-11-21-9-13-24(14-10-21)31-20-22-7-3-1-4-8-22/h1,3-4,7-16,19H,2,5-6,17-18,20H2,(H,28,30)/b16-11+. The van der Waals surface area contributed by atoms with Gasteiger partial charge in [0.1, 0.15) is 18.2 Å². The third-order valence-corrected chi connectivity index (χ3v) is 5.25. The number of carbonyl (C=O) groups is 1. The second-order valence-electron chi connectivity index (χ2n) is 7.62. The van der Waals surface area contributed by atoms with Gasteiger partial charge in [-0.05, 0) is 60.7 Å². The van der Waals surface area contributed by atoms with Crippen molar-refractivity contribution in [2.75, 3.05) is 23.3 Å². The van der Waals surface area contributed by atoms with Crippen LogP contribution in [0.2, 0.25) is 0 Å². The number of nitrogens with zero attached hydrogens (tertiary/aromatic N) is 2. The van der Waals surface area contributed by atoms with E-state index in [1.807, 2.05) is 66.7 Å². The van der Waals surface area contributed by atoms with E-state index >= 15 is 0 Å². The number of hydrogen-bond donors (Lipinski definition) is 1. The first kappa shape index (κ1) is 20.7. The van der Waals surface area contributed by atoms with E-state index in [2.05, 4.69) is 15.2 Å². The molecule has 0 bridgehead atoms. The summed E-state index contributed by atoms with van der Waals surface area (Å²) < 4.78 is 5.79. The van der Waals surface area contributed by atoms with Crippen LogP contribution in [0.3, 0.4) is 0 Å². The number of nitrogens with one attached hydrogen (secondary N) is 1. The Kier molecular flexibility index (Phi) is 6.96. The van der Waals surface area contributed by atoms with Gasteiger partial charge in [0.15, 0.2) is 0 Å². The maximum absolute atomic E-state index is 12.2. The summed E-state index contributed by atoms with van der Waals surface area (Å²) in [4.78, 5) is 19.0. The number of anilines is 2. The highest BCUT2D eigenvalue weighted by molar-refractivity contribution is 6.01. The van der Waals surface area contributed by atoms with Gasteiger partial charge in [-0.25, -0.2) is 4.98 Å². The van der Waals surface area contributed by atoms with Crippen LogP contribution in [0.15, 0.2) is 79.0 Å². The molecule has 31 heavy (non-hydrogen) atoms. The average molecular weight is 414 g/mol. The summed E-state index contributed by atoms with van der Waals surface area (Å²) in [5, 5.41) is 2.86. The van der Waals surface area contributed by atoms with Crippen LogP contribution in [0, 0.1) is 0 Å². The fourth-order valence-corrected chi connectivity index (χ4v) is 3.54. The second kappa shape index (κ2) is 10.4. The molecule has 1 N–H and O–H groups in total. The van der Waals surface area contributed by atoms with Gasteiger partial charge in [-0.15, -0.1) is 0 Å². The Balaban J connectivity index is 1.26. The molecule has 2 aromatic carbocycles. The minimum atomic E-state index is -0.183. The van der Waals surface area contributed by atoms with Crippen molar-refractivity contribution >= 4 is 23.5 Å². The summed E-state index contributed by atoms with van der Waals surface area (Å²) in [6, 6.07) is 21.6. The van der Waals surface area contributed by atoms with Crippen molar-refractivity contribution in [1.29, 1.82) is 0 Å². The van der Waals surface area contributed by atoms with Crippen LogP contribution < -0.4 is 15.0 Å². The topological polar surface area (TPSA) is 54.5 Å². The SMILES string of the molecule is O=C(/C=C/c1ccc(OCc2ccccc2)cc1)Nc1ccc(N2CCCCC2)nc1. The summed E-state index contributed by atoms with van der Waals surface area (Å²) >= 11 is 0. The zero-order valence-electron chi connectivity index (χ0n) is 17.5. The fraction of sp³-hybridized carbons (Fsp3) is 0.231. The van der Waals surface area contributed by atoms with Crippen molar-refractivity contribution in [3.05, 3.63) is 90.1 Å². The first-order chi connectivity index (χ1) is 15.3. The number of piperidine rings is 1. The number of benzene rings is 2. The molecule has 5 heteroatoms. The molecule has 0 spiro atoms. The predicted octanol–water partition coefficient (Wildman–Crippen LogP) is 5.30. The average Bonchev–Trinajstić information content (AvgIpc) is 2.84. The van der Waals surface area contributed by atoms with Gasteiger partial charge < -0.3 is 15.0 Å². The van der Waals surface area contributed by atoms with Gasteiger partial charge in [0, 0.05) is 19.2 Å². The molecular weight excluding hydrogens is 386 g/mol. The van der Waals surface area contributed by atoms with E-state index in [1.54, 1.807) is 12.3 Å². The molecule has 1 aliphatic rings. The maximum atomic E-state index is 12.2. The Morgan fingerprint density at radius 2 is 1.74 bits per heavy atom. The number of ether oxygens (including phenoxy) is 1. The summed E-state index contributed by atoms with van der Waals surface area (Å²) in [5.41, 5.74) is 2.75. The lowest BCUT2D eigenvalue weighted by molar-refractivity contribution is -0.111. The van der Waals surface area contributed by atoms with Gasteiger partial charge in [-0.2, -0.15) is 0 Å². The minimum absolute atomic E-state index is 0.183.